The van der Waals surface area contributed by atoms with Gasteiger partial charge in [-0.2, -0.15) is 0 Å². The average molecular weight is 253 g/mol. The van der Waals surface area contributed by atoms with E-state index in [2.05, 4.69) is 0 Å². The van der Waals surface area contributed by atoms with Crippen LogP contribution in [0.1, 0.15) is 5.56 Å². The second kappa shape index (κ2) is 4.76. The molecule has 2 rings (SSSR count). The van der Waals surface area contributed by atoms with Gasteiger partial charge in [-0.05, 0) is 17.0 Å². The number of sulfonamides is 1. The van der Waals surface area contributed by atoms with Crippen LogP contribution in [0.3, 0.4) is 0 Å². The molecule has 1 aromatic rings. The van der Waals surface area contributed by atoms with Crippen molar-refractivity contribution in [2.24, 2.45) is 0 Å². The third kappa shape index (κ3) is 2.68. The molecule has 84 valence electrons. The summed E-state index contributed by atoms with van der Waals surface area (Å²) in [7, 11) is -3.31. The standard InChI is InChI=1S/C11H11NO2S2/c13-16(14,12-7-8-15-10-12)9-6-11-4-2-1-3-5-11/h1-9H,10H2/b9-6+. The van der Waals surface area contributed by atoms with Gasteiger partial charge in [0.15, 0.2) is 0 Å². The SMILES string of the molecule is O=S(=O)(/C=C/c1ccccc1)N1C=CSC1. The van der Waals surface area contributed by atoms with Crippen molar-refractivity contribution in [1.29, 1.82) is 0 Å². The minimum absolute atomic E-state index is 0.460. The molecule has 0 saturated carbocycles. The molecule has 0 atom stereocenters. The van der Waals surface area contributed by atoms with Gasteiger partial charge in [0.25, 0.3) is 10.0 Å². The molecule has 0 amide bonds. The van der Waals surface area contributed by atoms with Crippen molar-refractivity contribution in [3.8, 4) is 0 Å². The molecule has 1 aliphatic heterocycles. The maximum atomic E-state index is 11.8. The Balaban J connectivity index is 2.15. The zero-order valence-electron chi connectivity index (χ0n) is 8.48. The van der Waals surface area contributed by atoms with Crippen molar-refractivity contribution in [3.63, 3.8) is 0 Å². The summed E-state index contributed by atoms with van der Waals surface area (Å²) in [5.74, 6) is 0.460. The summed E-state index contributed by atoms with van der Waals surface area (Å²) in [6.45, 7) is 0. The predicted octanol–water partition coefficient (Wildman–Crippen LogP) is 2.46. The largest absolute Gasteiger partial charge is 0.263 e. The van der Waals surface area contributed by atoms with E-state index in [-0.39, 0.29) is 0 Å². The van der Waals surface area contributed by atoms with E-state index in [1.54, 1.807) is 17.7 Å². The van der Waals surface area contributed by atoms with Crippen molar-refractivity contribution in [3.05, 3.63) is 52.9 Å². The van der Waals surface area contributed by atoms with Crippen LogP contribution in [0.4, 0.5) is 0 Å². The second-order valence-corrected chi connectivity index (χ2v) is 5.86. The molecule has 0 N–H and O–H groups in total. The quantitative estimate of drug-likeness (QED) is 0.830. The molecule has 0 radical (unpaired) electrons. The van der Waals surface area contributed by atoms with Crippen LogP contribution < -0.4 is 0 Å². The van der Waals surface area contributed by atoms with Crippen LogP contribution in [-0.4, -0.2) is 18.6 Å². The molecule has 1 heterocycles. The summed E-state index contributed by atoms with van der Waals surface area (Å²) in [5.41, 5.74) is 0.877. The van der Waals surface area contributed by atoms with Crippen molar-refractivity contribution in [2.75, 3.05) is 5.88 Å². The number of hydrogen-bond donors (Lipinski definition) is 0. The van der Waals surface area contributed by atoms with Crippen molar-refractivity contribution < 1.29 is 8.42 Å². The first-order valence-corrected chi connectivity index (χ1v) is 7.27. The first-order valence-electron chi connectivity index (χ1n) is 4.72. The van der Waals surface area contributed by atoms with Gasteiger partial charge in [-0.1, -0.05) is 30.3 Å². The molecule has 3 nitrogen and oxygen atoms in total. The Hall–Kier alpha value is -1.20. The lowest BCUT2D eigenvalue weighted by Crippen LogP contribution is -2.20. The molecule has 5 heteroatoms. The predicted molar refractivity (Wildman–Crippen MR) is 67.8 cm³/mol. The second-order valence-electron chi connectivity index (χ2n) is 3.23. The minimum atomic E-state index is -3.31. The van der Waals surface area contributed by atoms with Gasteiger partial charge in [-0.25, -0.2) is 8.42 Å². The van der Waals surface area contributed by atoms with Gasteiger partial charge in [-0.3, -0.25) is 4.31 Å². The molecule has 0 unspecified atom stereocenters. The van der Waals surface area contributed by atoms with Crippen molar-refractivity contribution >= 4 is 27.9 Å². The summed E-state index contributed by atoms with van der Waals surface area (Å²) in [4.78, 5) is 0. The van der Waals surface area contributed by atoms with E-state index in [0.29, 0.717) is 5.88 Å². The van der Waals surface area contributed by atoms with Gasteiger partial charge < -0.3 is 0 Å². The summed E-state index contributed by atoms with van der Waals surface area (Å²) >= 11 is 1.46. The molecule has 0 saturated heterocycles. The average Bonchev–Trinajstić information content (AvgIpc) is 2.82. The lowest BCUT2D eigenvalue weighted by Gasteiger charge is -2.11. The van der Waals surface area contributed by atoms with Gasteiger partial charge in [0, 0.05) is 6.20 Å². The molecule has 1 aromatic carbocycles. The van der Waals surface area contributed by atoms with Crippen LogP contribution in [0.2, 0.25) is 0 Å². The Labute approximate surface area is 99.5 Å². The third-order valence-corrected chi connectivity index (χ3v) is 4.37. The highest BCUT2D eigenvalue weighted by Crippen LogP contribution is 2.20. The van der Waals surface area contributed by atoms with E-state index in [0.717, 1.165) is 5.56 Å². The fourth-order valence-corrected chi connectivity index (χ4v) is 3.35. The smallest absolute Gasteiger partial charge is 0.257 e. The fourth-order valence-electron chi connectivity index (χ4n) is 1.24. The maximum Gasteiger partial charge on any atom is 0.257 e. The normalized spacial score (nSPS) is 16.1. The van der Waals surface area contributed by atoms with Gasteiger partial charge in [-0.15, -0.1) is 11.8 Å². The fraction of sp³-hybridized carbons (Fsp3) is 0.0909. The number of hydrogen-bond acceptors (Lipinski definition) is 3. The topological polar surface area (TPSA) is 37.4 Å². The van der Waals surface area contributed by atoms with Crippen LogP contribution in [0.5, 0.6) is 0 Å². The van der Waals surface area contributed by atoms with E-state index < -0.39 is 10.0 Å². The first kappa shape index (κ1) is 11.3. The van der Waals surface area contributed by atoms with Crippen LogP contribution in [0.15, 0.2) is 47.3 Å². The van der Waals surface area contributed by atoms with E-state index in [4.69, 9.17) is 0 Å². The van der Waals surface area contributed by atoms with Crippen molar-refractivity contribution in [2.45, 2.75) is 0 Å². The van der Waals surface area contributed by atoms with E-state index in [1.165, 1.54) is 21.5 Å². The highest BCUT2D eigenvalue weighted by atomic mass is 32.2. The number of benzene rings is 1. The van der Waals surface area contributed by atoms with Crippen LogP contribution >= 0.6 is 11.8 Å². The zero-order chi connectivity index (χ0) is 11.4. The zero-order valence-corrected chi connectivity index (χ0v) is 10.1. The monoisotopic (exact) mass is 253 g/mol. The molecular formula is C11H11NO2S2. The summed E-state index contributed by atoms with van der Waals surface area (Å²) in [6.07, 6.45) is 3.18. The summed E-state index contributed by atoms with van der Waals surface area (Å²) < 4.78 is 24.9. The molecule has 0 spiro atoms. The third-order valence-electron chi connectivity index (χ3n) is 2.08. The number of nitrogens with zero attached hydrogens (tertiary/aromatic N) is 1. The molecule has 16 heavy (non-hydrogen) atoms. The van der Waals surface area contributed by atoms with Gasteiger partial charge in [0.1, 0.15) is 0 Å². The molecule has 1 aliphatic rings. The first-order chi connectivity index (χ1) is 7.68. The van der Waals surface area contributed by atoms with Gasteiger partial charge in [0.05, 0.1) is 11.3 Å². The highest BCUT2D eigenvalue weighted by Gasteiger charge is 2.17. The summed E-state index contributed by atoms with van der Waals surface area (Å²) in [5, 5.41) is 3.01. The lowest BCUT2D eigenvalue weighted by molar-refractivity contribution is 0.546. The maximum absolute atomic E-state index is 11.8. The van der Waals surface area contributed by atoms with Gasteiger partial charge in [0.2, 0.25) is 0 Å². The van der Waals surface area contributed by atoms with Gasteiger partial charge >= 0.3 is 0 Å². The van der Waals surface area contributed by atoms with Crippen LogP contribution in [0.25, 0.3) is 6.08 Å². The molecule has 0 aliphatic carbocycles. The van der Waals surface area contributed by atoms with Crippen LogP contribution in [-0.2, 0) is 10.0 Å². The molecule has 0 aromatic heterocycles. The van der Waals surface area contributed by atoms with E-state index in [9.17, 15) is 8.42 Å². The Morgan fingerprint density at radius 1 is 1.25 bits per heavy atom. The van der Waals surface area contributed by atoms with E-state index in [1.807, 2.05) is 30.3 Å². The minimum Gasteiger partial charge on any atom is -0.263 e. The Kier molecular flexibility index (Phi) is 3.36. The molecule has 0 fully saturated rings. The van der Waals surface area contributed by atoms with Crippen molar-refractivity contribution in [1.82, 2.24) is 4.31 Å². The van der Waals surface area contributed by atoms with E-state index >= 15 is 0 Å². The van der Waals surface area contributed by atoms with Crippen LogP contribution in [0, 0.1) is 0 Å². The number of thioether (sulfide) groups is 1. The Bertz CT molecular complexity index is 506. The highest BCUT2D eigenvalue weighted by molar-refractivity contribution is 8.03. The molecule has 0 bridgehead atoms. The Morgan fingerprint density at radius 3 is 2.62 bits per heavy atom. The Morgan fingerprint density at radius 2 is 2.00 bits per heavy atom. The molecular weight excluding hydrogens is 242 g/mol. The summed E-state index contributed by atoms with van der Waals surface area (Å²) in [6, 6.07) is 9.36. The number of rotatable bonds is 3. The lowest BCUT2D eigenvalue weighted by atomic mass is 10.2.